The molecule has 1 aliphatic heterocycles. The van der Waals surface area contributed by atoms with Crippen LogP contribution in [0.4, 0.5) is 14.5 Å². The van der Waals surface area contributed by atoms with E-state index in [0.717, 1.165) is 38.5 Å². The molecule has 1 aliphatic rings. The van der Waals surface area contributed by atoms with E-state index in [9.17, 15) is 13.6 Å². The van der Waals surface area contributed by atoms with E-state index < -0.39 is 11.6 Å². The molecule has 8 heteroatoms. The van der Waals surface area contributed by atoms with Crippen molar-refractivity contribution in [3.05, 3.63) is 64.0 Å². The van der Waals surface area contributed by atoms with Gasteiger partial charge in [-0.05, 0) is 44.0 Å². The summed E-state index contributed by atoms with van der Waals surface area (Å²) in [6, 6.07) is 7.61. The van der Waals surface area contributed by atoms with E-state index in [4.69, 9.17) is 13.9 Å². The van der Waals surface area contributed by atoms with Crippen LogP contribution in [0.2, 0.25) is 0 Å². The van der Waals surface area contributed by atoms with Crippen molar-refractivity contribution in [2.24, 2.45) is 0 Å². The highest BCUT2D eigenvalue weighted by atomic mass is 19.2. The molecule has 4 rings (SSSR count). The number of piperazine rings is 1. The molecule has 0 unspecified atom stereocenters. The third-order valence-corrected chi connectivity index (χ3v) is 6.16. The van der Waals surface area contributed by atoms with Crippen LogP contribution in [0.5, 0.6) is 11.5 Å². The van der Waals surface area contributed by atoms with Crippen molar-refractivity contribution in [3.63, 3.8) is 0 Å². The first-order valence-electron chi connectivity index (χ1n) is 11.1. The number of hydrogen-bond acceptors (Lipinski definition) is 6. The van der Waals surface area contributed by atoms with Crippen LogP contribution < -0.4 is 19.8 Å². The molecule has 1 aromatic heterocycles. The predicted molar refractivity (Wildman–Crippen MR) is 124 cm³/mol. The van der Waals surface area contributed by atoms with Gasteiger partial charge in [-0.2, -0.15) is 0 Å². The molecule has 0 radical (unpaired) electrons. The second kappa shape index (κ2) is 10.2. The lowest BCUT2D eigenvalue weighted by molar-refractivity contribution is 0.252. The van der Waals surface area contributed by atoms with Gasteiger partial charge in [-0.15, -0.1) is 0 Å². The molecule has 0 atom stereocenters. The van der Waals surface area contributed by atoms with Gasteiger partial charge in [-0.25, -0.2) is 8.78 Å². The van der Waals surface area contributed by atoms with Gasteiger partial charge in [-0.1, -0.05) is 6.07 Å². The average molecular weight is 459 g/mol. The second-order valence-electron chi connectivity index (χ2n) is 8.15. The molecule has 0 aliphatic carbocycles. The minimum Gasteiger partial charge on any atom is -0.493 e. The average Bonchev–Trinajstić information content (AvgIpc) is 2.84. The smallest absolute Gasteiger partial charge is 0.195 e. The van der Waals surface area contributed by atoms with Crippen LogP contribution in [0, 0.1) is 11.6 Å². The molecule has 176 valence electrons. The molecule has 1 fully saturated rings. The van der Waals surface area contributed by atoms with Crippen molar-refractivity contribution in [3.8, 4) is 11.5 Å². The Labute approximate surface area is 191 Å². The predicted octanol–water partition coefficient (Wildman–Crippen LogP) is 4.23. The van der Waals surface area contributed by atoms with E-state index in [0.29, 0.717) is 53.2 Å². The van der Waals surface area contributed by atoms with Crippen LogP contribution in [-0.4, -0.2) is 51.8 Å². The Bertz CT molecular complexity index is 1170. The fourth-order valence-electron chi connectivity index (χ4n) is 4.27. The van der Waals surface area contributed by atoms with Crippen LogP contribution in [0.25, 0.3) is 11.0 Å². The van der Waals surface area contributed by atoms with Gasteiger partial charge in [0.05, 0.1) is 31.6 Å². The Balaban J connectivity index is 1.29. The summed E-state index contributed by atoms with van der Waals surface area (Å²) in [5, 5.41) is 0.478. The number of fused-ring (bicyclic) bond motifs is 1. The van der Waals surface area contributed by atoms with Crippen LogP contribution >= 0.6 is 0 Å². The SMILES string of the molecule is COc1cc2occ(CCCCN3CCN(c4cccc(F)c4F)CC3)c(=O)c2cc1OC. The normalized spacial score (nSPS) is 14.6. The van der Waals surface area contributed by atoms with Crippen molar-refractivity contribution < 1.29 is 22.7 Å². The van der Waals surface area contributed by atoms with Crippen molar-refractivity contribution in [2.75, 3.05) is 51.8 Å². The van der Waals surface area contributed by atoms with E-state index in [1.54, 1.807) is 18.2 Å². The summed E-state index contributed by atoms with van der Waals surface area (Å²) in [4.78, 5) is 17.1. The third kappa shape index (κ3) is 4.95. The molecule has 6 nitrogen and oxygen atoms in total. The highest BCUT2D eigenvalue weighted by Crippen LogP contribution is 2.31. The number of halogens is 2. The lowest BCUT2D eigenvalue weighted by Gasteiger charge is -2.36. The van der Waals surface area contributed by atoms with Gasteiger partial charge in [-0.3, -0.25) is 9.69 Å². The summed E-state index contributed by atoms with van der Waals surface area (Å²) in [6.45, 7) is 3.77. The molecule has 0 saturated carbocycles. The first-order chi connectivity index (χ1) is 16.0. The number of rotatable bonds is 8. The largest absolute Gasteiger partial charge is 0.493 e. The molecule has 2 aromatic carbocycles. The van der Waals surface area contributed by atoms with Gasteiger partial charge < -0.3 is 18.8 Å². The quantitative estimate of drug-likeness (QED) is 0.471. The molecule has 0 spiro atoms. The molecule has 0 bridgehead atoms. The van der Waals surface area contributed by atoms with Gasteiger partial charge in [0.15, 0.2) is 28.6 Å². The lowest BCUT2D eigenvalue weighted by Crippen LogP contribution is -2.47. The van der Waals surface area contributed by atoms with Crippen molar-refractivity contribution >= 4 is 16.7 Å². The number of ether oxygens (including phenoxy) is 2. The molecular weight excluding hydrogens is 430 g/mol. The molecular formula is C25H28F2N2O4. The summed E-state index contributed by atoms with van der Waals surface area (Å²) < 4.78 is 43.8. The van der Waals surface area contributed by atoms with Crippen LogP contribution in [0.3, 0.4) is 0 Å². The van der Waals surface area contributed by atoms with E-state index in [1.807, 2.05) is 4.90 Å². The Kier molecular flexibility index (Phi) is 7.13. The van der Waals surface area contributed by atoms with Crippen LogP contribution in [0.15, 0.2) is 45.8 Å². The maximum atomic E-state index is 14.0. The van der Waals surface area contributed by atoms with Crippen molar-refractivity contribution in [2.45, 2.75) is 19.3 Å². The maximum Gasteiger partial charge on any atom is 0.195 e. The molecule has 2 heterocycles. The van der Waals surface area contributed by atoms with Gasteiger partial charge in [0.2, 0.25) is 0 Å². The van der Waals surface area contributed by atoms with Crippen LogP contribution in [0.1, 0.15) is 18.4 Å². The molecule has 0 N–H and O–H groups in total. The summed E-state index contributed by atoms with van der Waals surface area (Å²) in [6.07, 6.45) is 3.93. The van der Waals surface area contributed by atoms with Gasteiger partial charge in [0.25, 0.3) is 0 Å². The molecule has 0 amide bonds. The number of unbranched alkanes of at least 4 members (excludes halogenated alkanes) is 1. The molecule has 3 aromatic rings. The Morgan fingerprint density at radius 1 is 1.00 bits per heavy atom. The fourth-order valence-corrected chi connectivity index (χ4v) is 4.27. The van der Waals surface area contributed by atoms with Crippen LogP contribution in [-0.2, 0) is 6.42 Å². The van der Waals surface area contributed by atoms with Crippen molar-refractivity contribution in [1.82, 2.24) is 4.90 Å². The zero-order chi connectivity index (χ0) is 23.4. The third-order valence-electron chi connectivity index (χ3n) is 6.16. The highest BCUT2D eigenvalue weighted by Gasteiger charge is 2.20. The molecule has 33 heavy (non-hydrogen) atoms. The van der Waals surface area contributed by atoms with Gasteiger partial charge in [0.1, 0.15) is 5.58 Å². The first kappa shape index (κ1) is 23.0. The number of anilines is 1. The second-order valence-corrected chi connectivity index (χ2v) is 8.15. The lowest BCUT2D eigenvalue weighted by atomic mass is 10.1. The summed E-state index contributed by atoms with van der Waals surface area (Å²) in [5.41, 5.74) is 1.38. The Morgan fingerprint density at radius 2 is 1.73 bits per heavy atom. The minimum absolute atomic E-state index is 0.0528. The van der Waals surface area contributed by atoms with Crippen molar-refractivity contribution in [1.29, 1.82) is 0 Å². The monoisotopic (exact) mass is 458 g/mol. The first-order valence-corrected chi connectivity index (χ1v) is 11.1. The summed E-state index contributed by atoms with van der Waals surface area (Å²) in [7, 11) is 3.07. The topological polar surface area (TPSA) is 55.2 Å². The number of methoxy groups -OCH3 is 2. The summed E-state index contributed by atoms with van der Waals surface area (Å²) in [5.74, 6) is -0.588. The van der Waals surface area contributed by atoms with E-state index in [2.05, 4.69) is 4.90 Å². The standard InChI is InChI=1S/C25H28F2N2O4/c1-31-22-14-18-21(15-23(22)32-2)33-16-17(25(18)30)6-3-4-9-28-10-12-29(13-11-28)20-8-5-7-19(26)24(20)27/h5,7-8,14-16H,3-4,6,9-13H2,1-2H3. The minimum atomic E-state index is -0.814. The number of aryl methyl sites for hydroxylation is 1. The highest BCUT2D eigenvalue weighted by molar-refractivity contribution is 5.81. The molecule has 1 saturated heterocycles. The Morgan fingerprint density at radius 3 is 2.45 bits per heavy atom. The number of hydrogen-bond donors (Lipinski definition) is 0. The zero-order valence-corrected chi connectivity index (χ0v) is 18.9. The van der Waals surface area contributed by atoms with Gasteiger partial charge in [0, 0.05) is 37.8 Å². The Hall–Kier alpha value is -3.13. The maximum absolute atomic E-state index is 14.0. The van der Waals surface area contributed by atoms with E-state index in [-0.39, 0.29) is 5.43 Å². The number of benzene rings is 2. The van der Waals surface area contributed by atoms with E-state index >= 15 is 0 Å². The number of nitrogens with zero attached hydrogens (tertiary/aromatic N) is 2. The van der Waals surface area contributed by atoms with Gasteiger partial charge >= 0.3 is 0 Å². The van der Waals surface area contributed by atoms with E-state index in [1.165, 1.54) is 26.5 Å². The summed E-state index contributed by atoms with van der Waals surface area (Å²) >= 11 is 0. The zero-order valence-electron chi connectivity index (χ0n) is 18.9. The fraction of sp³-hybridized carbons (Fsp3) is 0.400.